The van der Waals surface area contributed by atoms with Gasteiger partial charge >= 0.3 is 5.97 Å². The Kier molecular flexibility index (Phi) is 3.36. The first-order valence-electron chi connectivity index (χ1n) is 7.05. The number of benzene rings is 1. The van der Waals surface area contributed by atoms with E-state index in [0.717, 1.165) is 20.9 Å². The first kappa shape index (κ1) is 14.3. The number of hydrogen-bond acceptors (Lipinski definition) is 5. The SMILES string of the molecule is O=C1CC(=S)N/C1=C/c1ccc(-c2ccc3c(c2)COC3=O)s1. The molecule has 3 heterocycles. The lowest BCUT2D eigenvalue weighted by molar-refractivity contribution is -0.114. The minimum absolute atomic E-state index is 0.0261. The van der Waals surface area contributed by atoms with Crippen molar-refractivity contribution in [3.63, 3.8) is 0 Å². The Labute approximate surface area is 141 Å². The van der Waals surface area contributed by atoms with Gasteiger partial charge < -0.3 is 10.1 Å². The number of fused-ring (bicyclic) bond motifs is 1. The predicted molar refractivity (Wildman–Crippen MR) is 92.2 cm³/mol. The van der Waals surface area contributed by atoms with Crippen molar-refractivity contribution in [3.05, 3.63) is 52.0 Å². The Hall–Kier alpha value is -2.31. The molecule has 1 aromatic carbocycles. The molecule has 6 heteroatoms. The van der Waals surface area contributed by atoms with Crippen molar-refractivity contribution in [1.82, 2.24) is 5.32 Å². The normalized spacial score (nSPS) is 18.3. The van der Waals surface area contributed by atoms with Crippen LogP contribution >= 0.6 is 23.6 Å². The molecular formula is C17H11NO3S2. The van der Waals surface area contributed by atoms with Gasteiger partial charge in [0.15, 0.2) is 5.78 Å². The van der Waals surface area contributed by atoms with Crippen molar-refractivity contribution in [2.45, 2.75) is 13.0 Å². The van der Waals surface area contributed by atoms with Crippen LogP contribution in [-0.4, -0.2) is 16.7 Å². The molecule has 1 aromatic heterocycles. The Morgan fingerprint density at radius 2 is 2.09 bits per heavy atom. The lowest BCUT2D eigenvalue weighted by Crippen LogP contribution is -2.10. The number of esters is 1. The summed E-state index contributed by atoms with van der Waals surface area (Å²) in [5.41, 5.74) is 3.15. The predicted octanol–water partition coefficient (Wildman–Crippen LogP) is 3.32. The third-order valence-corrected chi connectivity index (χ3v) is 5.11. The first-order valence-corrected chi connectivity index (χ1v) is 8.27. The average molecular weight is 341 g/mol. The second-order valence-corrected chi connectivity index (χ2v) is 6.96. The van der Waals surface area contributed by atoms with Gasteiger partial charge in [-0.3, -0.25) is 4.79 Å². The van der Waals surface area contributed by atoms with Crippen LogP contribution < -0.4 is 5.32 Å². The fourth-order valence-corrected chi connectivity index (χ4v) is 3.82. The number of thiophene rings is 1. The third kappa shape index (κ3) is 2.60. The molecule has 0 aliphatic carbocycles. The van der Waals surface area contributed by atoms with E-state index in [0.29, 0.717) is 22.9 Å². The van der Waals surface area contributed by atoms with Crippen molar-refractivity contribution in [2.75, 3.05) is 0 Å². The molecule has 4 nitrogen and oxygen atoms in total. The fourth-order valence-electron chi connectivity index (χ4n) is 2.64. The first-order chi connectivity index (χ1) is 11.1. The average Bonchev–Trinajstić information content (AvgIpc) is 3.21. The highest BCUT2D eigenvalue weighted by atomic mass is 32.1. The summed E-state index contributed by atoms with van der Waals surface area (Å²) in [4.78, 5) is 25.9. The van der Waals surface area contributed by atoms with Gasteiger partial charge in [0.05, 0.1) is 22.7 Å². The number of allylic oxidation sites excluding steroid dienone is 1. The van der Waals surface area contributed by atoms with Crippen LogP contribution in [0.4, 0.5) is 0 Å². The van der Waals surface area contributed by atoms with E-state index < -0.39 is 0 Å². The largest absolute Gasteiger partial charge is 0.457 e. The highest BCUT2D eigenvalue weighted by Crippen LogP contribution is 2.32. The minimum Gasteiger partial charge on any atom is -0.457 e. The Bertz CT molecular complexity index is 895. The smallest absolute Gasteiger partial charge is 0.338 e. The number of thiocarbonyl (C=S) groups is 1. The van der Waals surface area contributed by atoms with Crippen LogP contribution in [-0.2, 0) is 16.1 Å². The molecular weight excluding hydrogens is 330 g/mol. The van der Waals surface area contributed by atoms with E-state index in [4.69, 9.17) is 17.0 Å². The molecule has 0 saturated carbocycles. The number of cyclic esters (lactones) is 1. The van der Waals surface area contributed by atoms with Crippen LogP contribution in [0.2, 0.25) is 0 Å². The van der Waals surface area contributed by atoms with Gasteiger partial charge in [-0.05, 0) is 35.9 Å². The molecule has 0 unspecified atom stereocenters. The number of carbonyl (C=O) groups excluding carboxylic acids is 2. The van der Waals surface area contributed by atoms with Crippen LogP contribution in [0, 0.1) is 0 Å². The van der Waals surface area contributed by atoms with Gasteiger partial charge in [-0.25, -0.2) is 4.79 Å². The summed E-state index contributed by atoms with van der Waals surface area (Å²) in [5.74, 6) is -0.233. The fraction of sp³-hybridized carbons (Fsp3) is 0.118. The van der Waals surface area contributed by atoms with E-state index in [1.165, 1.54) is 0 Å². The summed E-state index contributed by atoms with van der Waals surface area (Å²) >= 11 is 6.60. The molecule has 0 radical (unpaired) electrons. The molecule has 0 atom stereocenters. The molecule has 4 rings (SSSR count). The van der Waals surface area contributed by atoms with Gasteiger partial charge in [0.2, 0.25) is 0 Å². The zero-order chi connectivity index (χ0) is 16.0. The number of nitrogens with one attached hydrogen (secondary N) is 1. The van der Waals surface area contributed by atoms with Crippen LogP contribution in [0.5, 0.6) is 0 Å². The molecule has 2 aliphatic heterocycles. The van der Waals surface area contributed by atoms with Crippen LogP contribution in [0.3, 0.4) is 0 Å². The standard InChI is InChI=1S/C17H11NO3S2/c19-14-7-16(22)18-13(14)6-11-2-4-15(23-11)9-1-3-12-10(5-9)8-21-17(12)20/h1-6H,7-8H2,(H,18,22)/b13-6+. The van der Waals surface area contributed by atoms with E-state index in [2.05, 4.69) is 5.32 Å². The minimum atomic E-state index is -0.259. The van der Waals surface area contributed by atoms with Crippen LogP contribution in [0.1, 0.15) is 27.2 Å². The second kappa shape index (κ2) is 5.40. The summed E-state index contributed by atoms with van der Waals surface area (Å²) in [6.07, 6.45) is 2.12. The number of carbonyl (C=O) groups is 2. The molecule has 0 amide bonds. The highest BCUT2D eigenvalue weighted by molar-refractivity contribution is 7.80. The van der Waals surface area contributed by atoms with Gasteiger partial charge in [-0.1, -0.05) is 18.3 Å². The lowest BCUT2D eigenvalue weighted by atomic mass is 10.1. The molecule has 0 bridgehead atoms. The molecule has 0 spiro atoms. The van der Waals surface area contributed by atoms with Crippen molar-refractivity contribution < 1.29 is 14.3 Å². The summed E-state index contributed by atoms with van der Waals surface area (Å²) in [7, 11) is 0. The lowest BCUT2D eigenvalue weighted by Gasteiger charge is -2.00. The molecule has 1 fully saturated rings. The summed E-state index contributed by atoms with van der Waals surface area (Å²) in [6.45, 7) is 0.333. The van der Waals surface area contributed by atoms with E-state index in [1.807, 2.05) is 30.3 Å². The van der Waals surface area contributed by atoms with E-state index in [-0.39, 0.29) is 18.2 Å². The van der Waals surface area contributed by atoms with Crippen molar-refractivity contribution >= 4 is 46.4 Å². The molecule has 2 aliphatic rings. The summed E-state index contributed by atoms with van der Waals surface area (Å²) in [6, 6.07) is 9.68. The number of ketones is 1. The number of ether oxygens (including phenoxy) is 1. The number of Topliss-reactive ketones (excluding diaryl/α,β-unsaturated/α-hetero) is 1. The molecule has 114 valence electrons. The number of hydrogen-bond donors (Lipinski definition) is 1. The van der Waals surface area contributed by atoms with E-state index in [1.54, 1.807) is 17.4 Å². The van der Waals surface area contributed by atoms with Crippen molar-refractivity contribution in [3.8, 4) is 10.4 Å². The summed E-state index contributed by atoms with van der Waals surface area (Å²) < 4.78 is 5.03. The van der Waals surface area contributed by atoms with E-state index >= 15 is 0 Å². The Balaban J connectivity index is 1.64. The quantitative estimate of drug-likeness (QED) is 0.516. The Morgan fingerprint density at radius 3 is 2.87 bits per heavy atom. The zero-order valence-corrected chi connectivity index (χ0v) is 13.6. The third-order valence-electron chi connectivity index (χ3n) is 3.78. The summed E-state index contributed by atoms with van der Waals surface area (Å²) in [5, 5.41) is 2.94. The Morgan fingerprint density at radius 1 is 1.22 bits per heavy atom. The maximum Gasteiger partial charge on any atom is 0.338 e. The highest BCUT2D eigenvalue weighted by Gasteiger charge is 2.22. The van der Waals surface area contributed by atoms with E-state index in [9.17, 15) is 9.59 Å². The second-order valence-electron chi connectivity index (χ2n) is 5.36. The van der Waals surface area contributed by atoms with Gasteiger partial charge in [0.25, 0.3) is 0 Å². The molecule has 2 aromatic rings. The number of rotatable bonds is 2. The monoisotopic (exact) mass is 341 g/mol. The van der Waals surface area contributed by atoms with Gasteiger partial charge in [-0.2, -0.15) is 0 Å². The maximum absolute atomic E-state index is 11.8. The van der Waals surface area contributed by atoms with Gasteiger partial charge in [-0.15, -0.1) is 11.3 Å². The van der Waals surface area contributed by atoms with Gasteiger partial charge in [0, 0.05) is 15.3 Å². The molecule has 1 N–H and O–H groups in total. The van der Waals surface area contributed by atoms with Gasteiger partial charge in [0.1, 0.15) is 6.61 Å². The van der Waals surface area contributed by atoms with Crippen molar-refractivity contribution in [1.29, 1.82) is 0 Å². The van der Waals surface area contributed by atoms with Crippen LogP contribution in [0.25, 0.3) is 16.5 Å². The zero-order valence-electron chi connectivity index (χ0n) is 11.9. The molecule has 1 saturated heterocycles. The van der Waals surface area contributed by atoms with Crippen molar-refractivity contribution in [2.24, 2.45) is 0 Å². The topological polar surface area (TPSA) is 55.4 Å². The maximum atomic E-state index is 11.8. The molecule has 23 heavy (non-hydrogen) atoms. The van der Waals surface area contributed by atoms with Crippen LogP contribution in [0.15, 0.2) is 36.0 Å².